The predicted molar refractivity (Wildman–Crippen MR) is 245 cm³/mol. The van der Waals surface area contributed by atoms with Crippen LogP contribution in [0.5, 0.6) is 0 Å². The van der Waals surface area contributed by atoms with Crippen LogP contribution in [0.2, 0.25) is 0 Å². The molecule has 0 bridgehead atoms. The average Bonchev–Trinajstić information content (AvgIpc) is 3.66. The van der Waals surface area contributed by atoms with Crippen LogP contribution in [-0.4, -0.2) is 9.97 Å². The van der Waals surface area contributed by atoms with Crippen LogP contribution in [0, 0.1) is 0 Å². The van der Waals surface area contributed by atoms with E-state index in [0.29, 0.717) is 0 Å². The Morgan fingerprint density at radius 2 is 0.912 bits per heavy atom. The zero-order valence-electron chi connectivity index (χ0n) is 30.6. The topological polar surface area (TPSA) is 25.8 Å². The predicted octanol–water partition coefficient (Wildman–Crippen LogP) is 15.4. The fourth-order valence-electron chi connectivity index (χ4n) is 9.56. The molecule has 13 aromatic rings. The quantitative estimate of drug-likeness (QED) is 0.133. The molecule has 0 unspecified atom stereocenters. The van der Waals surface area contributed by atoms with Crippen LogP contribution in [0.4, 0.5) is 0 Å². The lowest BCUT2D eigenvalue weighted by Crippen LogP contribution is -1.93. The van der Waals surface area contributed by atoms with Gasteiger partial charge in [-0.15, -0.1) is 11.3 Å². The summed E-state index contributed by atoms with van der Waals surface area (Å²) >= 11 is 1.88. The maximum absolute atomic E-state index is 5.40. The van der Waals surface area contributed by atoms with Crippen molar-refractivity contribution in [2.75, 3.05) is 0 Å². The van der Waals surface area contributed by atoms with E-state index in [0.717, 1.165) is 44.7 Å². The molecule has 0 amide bonds. The summed E-state index contributed by atoms with van der Waals surface area (Å²) < 4.78 is 2.62. The largest absolute Gasteiger partial charge is 0.247 e. The Morgan fingerprint density at radius 1 is 0.298 bits per heavy atom. The van der Waals surface area contributed by atoms with Gasteiger partial charge in [-0.3, -0.25) is 0 Å². The number of rotatable bonds is 3. The first-order chi connectivity index (χ1) is 28.2. The minimum Gasteiger partial charge on any atom is -0.247 e. The molecule has 0 N–H and O–H groups in total. The molecule has 0 aliphatic carbocycles. The van der Waals surface area contributed by atoms with Crippen molar-refractivity contribution < 1.29 is 0 Å². The fourth-order valence-corrected chi connectivity index (χ4v) is 10.8. The summed E-state index contributed by atoms with van der Waals surface area (Å²) in [6, 6.07) is 66.4. The van der Waals surface area contributed by atoms with Gasteiger partial charge in [-0.05, 0) is 67.7 Å². The second kappa shape index (κ2) is 11.7. The highest BCUT2D eigenvalue weighted by molar-refractivity contribution is 7.26. The van der Waals surface area contributed by atoms with Gasteiger partial charge < -0.3 is 0 Å². The molecule has 3 heterocycles. The van der Waals surface area contributed by atoms with Crippen molar-refractivity contribution in [2.45, 2.75) is 0 Å². The molecule has 0 radical (unpaired) electrons. The lowest BCUT2D eigenvalue weighted by Gasteiger charge is -2.17. The first-order valence-corrected chi connectivity index (χ1v) is 20.3. The minimum atomic E-state index is 1.000. The van der Waals surface area contributed by atoms with Gasteiger partial charge >= 0.3 is 0 Å². The highest BCUT2D eigenvalue weighted by atomic mass is 32.1. The SMILES string of the molecule is c1ccc(-c2nc3cc(-c4ccc(-c5nc6ccccc6c6c5cc5ccc7cccc8ccc6c5c78)cc4)ccc3c3c2ccc2c4ccccc4sc23)cc1. The Bertz CT molecular complexity index is 3770. The second-order valence-electron chi connectivity index (χ2n) is 15.2. The molecule has 3 aromatic heterocycles. The molecule has 13 rings (SSSR count). The molecule has 0 fully saturated rings. The summed E-state index contributed by atoms with van der Waals surface area (Å²) in [7, 11) is 0. The van der Waals surface area contributed by atoms with E-state index in [-0.39, 0.29) is 0 Å². The van der Waals surface area contributed by atoms with E-state index in [9.17, 15) is 0 Å². The van der Waals surface area contributed by atoms with Crippen LogP contribution in [0.3, 0.4) is 0 Å². The smallest absolute Gasteiger partial charge is 0.0788 e. The van der Waals surface area contributed by atoms with E-state index in [4.69, 9.17) is 9.97 Å². The molecule has 57 heavy (non-hydrogen) atoms. The highest BCUT2D eigenvalue weighted by Crippen LogP contribution is 2.45. The van der Waals surface area contributed by atoms with Crippen LogP contribution in [0.1, 0.15) is 0 Å². The standard InChI is InChI=1S/C54H30N2S/c1-2-9-34(10-3-1)52-43-28-27-39-38-13-5-7-16-47(38)57-54(39)51(43)41-25-24-36(30-46(41)56-52)31-17-20-35(21-18-31)53-44-29-37-22-19-32-11-8-12-33-23-26-42(49(37)48(32)33)50(44)40-14-4-6-15-45(40)55-53/h1-30H. The van der Waals surface area contributed by atoms with E-state index in [1.165, 1.54) is 84.8 Å². The van der Waals surface area contributed by atoms with E-state index in [1.807, 2.05) is 11.3 Å². The Balaban J connectivity index is 1.00. The van der Waals surface area contributed by atoms with E-state index in [1.54, 1.807) is 0 Å². The highest BCUT2D eigenvalue weighted by Gasteiger charge is 2.19. The maximum atomic E-state index is 5.40. The third-order valence-electron chi connectivity index (χ3n) is 12.1. The molecule has 0 aliphatic rings. The van der Waals surface area contributed by atoms with Crippen molar-refractivity contribution >= 4 is 107 Å². The monoisotopic (exact) mass is 738 g/mol. The Hall–Kier alpha value is -7.20. The molecule has 2 nitrogen and oxygen atoms in total. The fraction of sp³-hybridized carbons (Fsp3) is 0. The normalized spacial score (nSPS) is 12.2. The lowest BCUT2D eigenvalue weighted by atomic mass is 9.88. The summed E-state index contributed by atoms with van der Waals surface area (Å²) in [6.07, 6.45) is 0. The molecule has 0 saturated carbocycles. The zero-order valence-corrected chi connectivity index (χ0v) is 31.4. The number of fused-ring (bicyclic) bond motifs is 11. The second-order valence-corrected chi connectivity index (χ2v) is 16.3. The molecular weight excluding hydrogens is 709 g/mol. The Kier molecular flexibility index (Phi) is 6.35. The summed E-state index contributed by atoms with van der Waals surface area (Å²) in [5.74, 6) is 0. The molecule has 0 atom stereocenters. The molecular formula is C54H30N2S. The number of para-hydroxylation sites is 1. The number of hydrogen-bond donors (Lipinski definition) is 0. The molecule has 10 aromatic carbocycles. The van der Waals surface area contributed by atoms with Gasteiger partial charge in [0.2, 0.25) is 0 Å². The van der Waals surface area contributed by atoms with Crippen LogP contribution in [0.15, 0.2) is 182 Å². The Morgan fingerprint density at radius 3 is 1.79 bits per heavy atom. The van der Waals surface area contributed by atoms with Gasteiger partial charge in [0.1, 0.15) is 0 Å². The average molecular weight is 739 g/mol. The number of pyridine rings is 2. The van der Waals surface area contributed by atoms with Crippen LogP contribution < -0.4 is 0 Å². The van der Waals surface area contributed by atoms with Crippen molar-refractivity contribution in [3.63, 3.8) is 0 Å². The van der Waals surface area contributed by atoms with Gasteiger partial charge in [-0.2, -0.15) is 0 Å². The number of aromatic nitrogens is 2. The molecule has 0 spiro atoms. The van der Waals surface area contributed by atoms with Crippen LogP contribution in [0.25, 0.3) is 129 Å². The number of hydrogen-bond acceptors (Lipinski definition) is 3. The number of nitrogens with zero attached hydrogens (tertiary/aromatic N) is 2. The van der Waals surface area contributed by atoms with Gasteiger partial charge in [-0.25, -0.2) is 9.97 Å². The summed E-state index contributed by atoms with van der Waals surface area (Å²) in [5, 5.41) is 17.6. The lowest BCUT2D eigenvalue weighted by molar-refractivity contribution is 1.42. The summed E-state index contributed by atoms with van der Waals surface area (Å²) in [6.45, 7) is 0. The summed E-state index contributed by atoms with van der Waals surface area (Å²) in [4.78, 5) is 10.8. The van der Waals surface area contributed by atoms with Gasteiger partial charge in [0.05, 0.1) is 22.4 Å². The van der Waals surface area contributed by atoms with E-state index >= 15 is 0 Å². The Labute approximate surface area is 331 Å². The van der Waals surface area contributed by atoms with Crippen molar-refractivity contribution in [3.05, 3.63) is 182 Å². The van der Waals surface area contributed by atoms with Crippen molar-refractivity contribution in [1.29, 1.82) is 0 Å². The number of benzene rings is 10. The number of thiophene rings is 1. The molecule has 262 valence electrons. The molecule has 0 aliphatic heterocycles. The maximum Gasteiger partial charge on any atom is 0.0788 e. The van der Waals surface area contributed by atoms with Crippen molar-refractivity contribution in [3.8, 4) is 33.6 Å². The van der Waals surface area contributed by atoms with Gasteiger partial charge in [0, 0.05) is 63.6 Å². The van der Waals surface area contributed by atoms with Gasteiger partial charge in [0.15, 0.2) is 0 Å². The van der Waals surface area contributed by atoms with E-state index in [2.05, 4.69) is 182 Å². The summed E-state index contributed by atoms with van der Waals surface area (Å²) in [5.41, 5.74) is 8.55. The van der Waals surface area contributed by atoms with Gasteiger partial charge in [0.25, 0.3) is 0 Å². The van der Waals surface area contributed by atoms with Gasteiger partial charge in [-0.1, -0.05) is 158 Å². The molecule has 0 saturated heterocycles. The van der Waals surface area contributed by atoms with E-state index < -0.39 is 0 Å². The first kappa shape index (κ1) is 31.1. The third-order valence-corrected chi connectivity index (χ3v) is 13.4. The van der Waals surface area contributed by atoms with Crippen molar-refractivity contribution in [1.82, 2.24) is 9.97 Å². The van der Waals surface area contributed by atoms with Crippen molar-refractivity contribution in [2.24, 2.45) is 0 Å². The van der Waals surface area contributed by atoms with Crippen LogP contribution >= 0.6 is 11.3 Å². The minimum absolute atomic E-state index is 1.000. The molecule has 3 heteroatoms. The third kappa shape index (κ3) is 4.46. The van der Waals surface area contributed by atoms with Crippen LogP contribution in [-0.2, 0) is 0 Å². The first-order valence-electron chi connectivity index (χ1n) is 19.5. The zero-order chi connectivity index (χ0) is 37.2.